The van der Waals surface area contributed by atoms with Crippen LogP contribution in [0.5, 0.6) is 0 Å². The number of nitrogens with zero attached hydrogens (tertiary/aromatic N) is 1. The van der Waals surface area contributed by atoms with Gasteiger partial charge in [0.1, 0.15) is 0 Å². The van der Waals surface area contributed by atoms with E-state index in [1.807, 2.05) is 25.1 Å². The Bertz CT molecular complexity index is 618. The zero-order chi connectivity index (χ0) is 13.2. The number of amides is 1. The molecule has 0 aliphatic carbocycles. The van der Waals surface area contributed by atoms with Crippen LogP contribution in [0.15, 0.2) is 24.4 Å². The number of hydrogen-bond donors (Lipinski definition) is 3. The minimum Gasteiger partial charge on any atom is -0.385 e. The summed E-state index contributed by atoms with van der Waals surface area (Å²) in [5, 5.41) is 12.9. The lowest BCUT2D eigenvalue weighted by molar-refractivity contribution is 0.102. The molecule has 98 valence electrons. The molecule has 1 aliphatic heterocycles. The number of carbonyl (C=O) groups is 1. The van der Waals surface area contributed by atoms with Crippen LogP contribution in [0.1, 0.15) is 28.0 Å². The molecule has 2 heterocycles. The summed E-state index contributed by atoms with van der Waals surface area (Å²) in [6, 6.07) is 5.98. The zero-order valence-electron chi connectivity index (χ0n) is 10.8. The molecule has 0 fully saturated rings. The van der Waals surface area contributed by atoms with Crippen molar-refractivity contribution >= 4 is 17.3 Å². The highest BCUT2D eigenvalue weighted by molar-refractivity contribution is 6.05. The molecule has 1 amide bonds. The van der Waals surface area contributed by atoms with Gasteiger partial charge in [-0.3, -0.25) is 9.89 Å². The van der Waals surface area contributed by atoms with E-state index in [1.165, 1.54) is 11.3 Å². The minimum atomic E-state index is -0.130. The van der Waals surface area contributed by atoms with E-state index < -0.39 is 0 Å². The van der Waals surface area contributed by atoms with Gasteiger partial charge < -0.3 is 10.6 Å². The fourth-order valence-electron chi connectivity index (χ4n) is 2.33. The van der Waals surface area contributed by atoms with Crippen LogP contribution in [0.4, 0.5) is 11.4 Å². The van der Waals surface area contributed by atoms with Gasteiger partial charge in [-0.15, -0.1) is 0 Å². The number of aryl methyl sites for hydroxylation is 2. The number of aromatic nitrogens is 2. The summed E-state index contributed by atoms with van der Waals surface area (Å²) in [5.74, 6) is -0.130. The van der Waals surface area contributed by atoms with Crippen molar-refractivity contribution in [3.05, 3.63) is 41.2 Å². The second kappa shape index (κ2) is 4.76. The van der Waals surface area contributed by atoms with Crippen molar-refractivity contribution in [2.24, 2.45) is 0 Å². The van der Waals surface area contributed by atoms with Crippen molar-refractivity contribution < 1.29 is 4.79 Å². The lowest BCUT2D eigenvalue weighted by Gasteiger charge is -2.18. The summed E-state index contributed by atoms with van der Waals surface area (Å²) < 4.78 is 0. The second-order valence-electron chi connectivity index (χ2n) is 4.77. The van der Waals surface area contributed by atoms with Gasteiger partial charge in [-0.05, 0) is 43.5 Å². The SMILES string of the molecule is Cc1[nH]ncc1C(=O)Nc1ccc2c(c1)CCCN2. The predicted molar refractivity (Wildman–Crippen MR) is 74.5 cm³/mol. The van der Waals surface area contributed by atoms with Crippen molar-refractivity contribution in [2.45, 2.75) is 19.8 Å². The van der Waals surface area contributed by atoms with E-state index in [-0.39, 0.29) is 5.91 Å². The highest BCUT2D eigenvalue weighted by Gasteiger charge is 2.13. The quantitative estimate of drug-likeness (QED) is 0.772. The lowest BCUT2D eigenvalue weighted by atomic mass is 10.0. The molecule has 1 aliphatic rings. The Labute approximate surface area is 111 Å². The molecule has 2 aromatic rings. The summed E-state index contributed by atoms with van der Waals surface area (Å²) >= 11 is 0. The number of H-pyrrole nitrogens is 1. The molecular formula is C14H16N4O. The Morgan fingerprint density at radius 1 is 1.42 bits per heavy atom. The molecule has 0 radical (unpaired) electrons. The van der Waals surface area contributed by atoms with Crippen LogP contribution in [-0.4, -0.2) is 22.6 Å². The predicted octanol–water partition coefficient (Wildman–Crippen LogP) is 2.33. The van der Waals surface area contributed by atoms with Gasteiger partial charge in [0.05, 0.1) is 11.8 Å². The summed E-state index contributed by atoms with van der Waals surface area (Å²) in [4.78, 5) is 12.1. The van der Waals surface area contributed by atoms with Gasteiger partial charge in [0, 0.05) is 23.6 Å². The van der Waals surface area contributed by atoms with Crippen molar-refractivity contribution in [3.63, 3.8) is 0 Å². The summed E-state index contributed by atoms with van der Waals surface area (Å²) in [7, 11) is 0. The number of rotatable bonds is 2. The van der Waals surface area contributed by atoms with Crippen LogP contribution in [0, 0.1) is 6.92 Å². The van der Waals surface area contributed by atoms with Crippen molar-refractivity contribution in [3.8, 4) is 0 Å². The maximum atomic E-state index is 12.1. The molecule has 1 aromatic carbocycles. The van der Waals surface area contributed by atoms with Crippen LogP contribution in [0.25, 0.3) is 0 Å². The molecule has 3 rings (SSSR count). The van der Waals surface area contributed by atoms with Gasteiger partial charge in [0.25, 0.3) is 5.91 Å². The number of nitrogens with one attached hydrogen (secondary N) is 3. The first-order valence-corrected chi connectivity index (χ1v) is 6.42. The molecule has 3 N–H and O–H groups in total. The van der Waals surface area contributed by atoms with Crippen LogP contribution in [-0.2, 0) is 6.42 Å². The third-order valence-electron chi connectivity index (χ3n) is 3.38. The molecule has 0 spiro atoms. The van der Waals surface area contributed by atoms with Crippen molar-refractivity contribution in [1.82, 2.24) is 10.2 Å². The lowest BCUT2D eigenvalue weighted by Crippen LogP contribution is -2.15. The van der Waals surface area contributed by atoms with Gasteiger partial charge in [-0.25, -0.2) is 0 Å². The van der Waals surface area contributed by atoms with E-state index in [4.69, 9.17) is 0 Å². The third-order valence-corrected chi connectivity index (χ3v) is 3.38. The van der Waals surface area contributed by atoms with E-state index in [2.05, 4.69) is 20.8 Å². The van der Waals surface area contributed by atoms with Crippen LogP contribution >= 0.6 is 0 Å². The molecule has 0 saturated carbocycles. The largest absolute Gasteiger partial charge is 0.385 e. The Hall–Kier alpha value is -2.30. The van der Waals surface area contributed by atoms with E-state index in [1.54, 1.807) is 6.20 Å². The van der Waals surface area contributed by atoms with Gasteiger partial charge >= 0.3 is 0 Å². The molecule has 1 aromatic heterocycles. The number of hydrogen-bond acceptors (Lipinski definition) is 3. The molecule has 0 bridgehead atoms. The maximum Gasteiger partial charge on any atom is 0.259 e. The van der Waals surface area contributed by atoms with Crippen molar-refractivity contribution in [1.29, 1.82) is 0 Å². The Morgan fingerprint density at radius 2 is 2.32 bits per heavy atom. The molecule has 0 unspecified atom stereocenters. The van der Waals surface area contributed by atoms with Crippen LogP contribution < -0.4 is 10.6 Å². The van der Waals surface area contributed by atoms with E-state index in [0.717, 1.165) is 30.8 Å². The first-order chi connectivity index (χ1) is 9.24. The average Bonchev–Trinajstić information content (AvgIpc) is 2.85. The number of benzene rings is 1. The standard InChI is InChI=1S/C14H16N4O/c1-9-12(8-16-18-9)14(19)17-11-4-5-13-10(7-11)3-2-6-15-13/h4-5,7-8,15H,2-3,6H2,1H3,(H,16,18)(H,17,19). The van der Waals surface area contributed by atoms with Crippen molar-refractivity contribution in [2.75, 3.05) is 17.2 Å². The molecule has 19 heavy (non-hydrogen) atoms. The normalized spacial score (nSPS) is 13.5. The first kappa shape index (κ1) is 11.8. The van der Waals surface area contributed by atoms with Gasteiger partial charge in [-0.2, -0.15) is 5.10 Å². The average molecular weight is 256 g/mol. The fourth-order valence-corrected chi connectivity index (χ4v) is 2.33. The Kier molecular flexibility index (Phi) is 2.95. The molecular weight excluding hydrogens is 240 g/mol. The van der Waals surface area contributed by atoms with Gasteiger partial charge in [0.2, 0.25) is 0 Å². The zero-order valence-corrected chi connectivity index (χ0v) is 10.8. The van der Waals surface area contributed by atoms with E-state index in [0.29, 0.717) is 5.56 Å². The minimum absolute atomic E-state index is 0.130. The third kappa shape index (κ3) is 2.31. The smallest absolute Gasteiger partial charge is 0.259 e. The number of carbonyl (C=O) groups excluding carboxylic acids is 1. The fraction of sp³-hybridized carbons (Fsp3) is 0.286. The maximum absolute atomic E-state index is 12.1. The Morgan fingerprint density at radius 3 is 3.11 bits per heavy atom. The molecule has 5 heteroatoms. The van der Waals surface area contributed by atoms with Gasteiger partial charge in [-0.1, -0.05) is 0 Å². The number of aromatic amines is 1. The molecule has 0 saturated heterocycles. The van der Waals surface area contributed by atoms with E-state index in [9.17, 15) is 4.79 Å². The topological polar surface area (TPSA) is 69.8 Å². The van der Waals surface area contributed by atoms with E-state index >= 15 is 0 Å². The molecule has 5 nitrogen and oxygen atoms in total. The van der Waals surface area contributed by atoms with Gasteiger partial charge in [0.15, 0.2) is 0 Å². The summed E-state index contributed by atoms with van der Waals surface area (Å²) in [6.45, 7) is 2.85. The number of anilines is 2. The first-order valence-electron chi connectivity index (χ1n) is 6.42. The second-order valence-corrected chi connectivity index (χ2v) is 4.77. The Balaban J connectivity index is 1.80. The van der Waals surface area contributed by atoms with Crippen LogP contribution in [0.3, 0.4) is 0 Å². The number of fused-ring (bicyclic) bond motifs is 1. The van der Waals surface area contributed by atoms with Crippen LogP contribution in [0.2, 0.25) is 0 Å². The summed E-state index contributed by atoms with van der Waals surface area (Å²) in [5.41, 5.74) is 4.61. The highest BCUT2D eigenvalue weighted by Crippen LogP contribution is 2.25. The summed E-state index contributed by atoms with van der Waals surface area (Å²) in [6.07, 6.45) is 3.73. The molecule has 0 atom stereocenters. The monoisotopic (exact) mass is 256 g/mol. The highest BCUT2D eigenvalue weighted by atomic mass is 16.1.